The maximum absolute atomic E-state index is 6.09. The minimum atomic E-state index is -0.710. The Bertz CT molecular complexity index is 459. The van der Waals surface area contributed by atoms with E-state index in [9.17, 15) is 0 Å². The Labute approximate surface area is 177 Å². The van der Waals surface area contributed by atoms with Crippen molar-refractivity contribution in [2.75, 3.05) is 26.4 Å². The van der Waals surface area contributed by atoms with Crippen molar-refractivity contribution in [2.24, 2.45) is 0 Å². The zero-order valence-corrected chi connectivity index (χ0v) is 21.8. The van der Waals surface area contributed by atoms with Gasteiger partial charge >= 0.3 is 0 Å². The molecule has 1 rings (SSSR count). The van der Waals surface area contributed by atoms with Crippen molar-refractivity contribution < 1.29 is 18.9 Å². The van der Waals surface area contributed by atoms with Crippen LogP contribution in [0.15, 0.2) is 24.3 Å². The van der Waals surface area contributed by atoms with Gasteiger partial charge in [-0.25, -0.2) is 0 Å². The van der Waals surface area contributed by atoms with Crippen LogP contribution < -0.4 is 10.4 Å². The number of hydrogen-bond donors (Lipinski definition) is 0. The maximum Gasteiger partial charge on any atom is 0.147 e. The van der Waals surface area contributed by atoms with Gasteiger partial charge in [0.05, 0.1) is 0 Å². The molecule has 0 bridgehead atoms. The van der Waals surface area contributed by atoms with E-state index in [1.165, 1.54) is 10.4 Å². The summed E-state index contributed by atoms with van der Waals surface area (Å²) >= 11 is 0. The smallest absolute Gasteiger partial charge is 0.147 e. The molecule has 0 saturated carbocycles. The average Bonchev–Trinajstić information content (AvgIpc) is 2.69. The topological polar surface area (TPSA) is 36.9 Å². The molecule has 0 aliphatic heterocycles. The van der Waals surface area contributed by atoms with E-state index < -0.39 is 29.9 Å². The zero-order chi connectivity index (χ0) is 20.9. The van der Waals surface area contributed by atoms with Gasteiger partial charge in [-0.2, -0.15) is 0 Å². The van der Waals surface area contributed by atoms with E-state index >= 15 is 0 Å². The van der Waals surface area contributed by atoms with Gasteiger partial charge in [-0.1, -0.05) is 62.3 Å². The van der Waals surface area contributed by atoms with Crippen LogP contribution in [-0.4, -0.2) is 56.3 Å². The summed E-state index contributed by atoms with van der Waals surface area (Å²) in [5.41, 5.74) is -0.845. The molecule has 0 radical (unpaired) electrons. The van der Waals surface area contributed by atoms with Crippen LogP contribution in [0.1, 0.15) is 67.2 Å². The zero-order valence-electron chi connectivity index (χ0n) is 19.0. The second-order valence-corrected chi connectivity index (χ2v) is 12.7. The van der Waals surface area contributed by atoms with Crippen molar-refractivity contribution >= 4 is 29.4 Å². The Hall–Kier alpha value is -0.506. The predicted molar refractivity (Wildman–Crippen MR) is 125 cm³/mol. The molecule has 4 nitrogen and oxygen atoms in total. The number of benzene rings is 1. The molecule has 1 aromatic rings. The monoisotopic (exact) mass is 426 g/mol. The normalized spacial score (nSPS) is 13.4. The van der Waals surface area contributed by atoms with Gasteiger partial charge < -0.3 is 18.9 Å². The van der Waals surface area contributed by atoms with Gasteiger partial charge in [0.25, 0.3) is 0 Å². The summed E-state index contributed by atoms with van der Waals surface area (Å²) in [7, 11) is -1.42. The molecule has 6 heteroatoms. The minimum absolute atomic E-state index is 0.423. The van der Waals surface area contributed by atoms with E-state index in [0.717, 1.165) is 52.1 Å². The highest BCUT2D eigenvalue weighted by atomic mass is 28.2. The SMILES string of the molecule is CCCOC(C)(OCCC)[SiH2]c1ccc([SiH2]C(C)(OCCC)OCCC)cc1. The van der Waals surface area contributed by atoms with Gasteiger partial charge in [0, 0.05) is 26.4 Å². The quantitative estimate of drug-likeness (QED) is 0.300. The lowest BCUT2D eigenvalue weighted by molar-refractivity contribution is -0.168. The fourth-order valence-corrected chi connectivity index (χ4v) is 6.49. The summed E-state index contributed by atoms with van der Waals surface area (Å²) in [5, 5.41) is 2.75. The van der Waals surface area contributed by atoms with E-state index in [2.05, 4.69) is 65.8 Å². The molecule has 0 spiro atoms. The average molecular weight is 427 g/mol. The molecular weight excluding hydrogens is 384 g/mol. The van der Waals surface area contributed by atoms with Crippen molar-refractivity contribution in [1.82, 2.24) is 0 Å². The van der Waals surface area contributed by atoms with Crippen LogP contribution >= 0.6 is 0 Å². The molecule has 0 atom stereocenters. The maximum atomic E-state index is 6.09. The lowest BCUT2D eigenvalue weighted by Crippen LogP contribution is -2.47. The molecule has 0 heterocycles. The van der Waals surface area contributed by atoms with Gasteiger partial charge in [0.1, 0.15) is 29.9 Å². The number of rotatable bonds is 16. The lowest BCUT2D eigenvalue weighted by atomic mass is 10.4. The van der Waals surface area contributed by atoms with Crippen LogP contribution in [0, 0.1) is 0 Å². The van der Waals surface area contributed by atoms with E-state index in [1.54, 1.807) is 0 Å². The first-order valence-electron chi connectivity index (χ1n) is 11.0. The molecule has 0 aliphatic carbocycles. The van der Waals surface area contributed by atoms with Crippen molar-refractivity contribution in [2.45, 2.75) is 78.0 Å². The summed E-state index contributed by atoms with van der Waals surface area (Å²) in [6.45, 7) is 15.8. The van der Waals surface area contributed by atoms with Gasteiger partial charge in [-0.3, -0.25) is 0 Å². The molecule has 0 N–H and O–H groups in total. The van der Waals surface area contributed by atoms with E-state index in [4.69, 9.17) is 18.9 Å². The third-order valence-electron chi connectivity index (χ3n) is 4.52. The van der Waals surface area contributed by atoms with Gasteiger partial charge in [-0.05, 0) is 39.5 Å². The molecule has 162 valence electrons. The van der Waals surface area contributed by atoms with Crippen LogP contribution in [0.2, 0.25) is 0 Å². The van der Waals surface area contributed by atoms with Crippen LogP contribution in [-0.2, 0) is 18.9 Å². The van der Waals surface area contributed by atoms with Crippen LogP contribution in [0.3, 0.4) is 0 Å². The molecule has 0 aliphatic rings. The summed E-state index contributed by atoms with van der Waals surface area (Å²) in [5.74, 6) is 0. The Morgan fingerprint density at radius 1 is 0.571 bits per heavy atom. The standard InChI is InChI=1S/C22H42O4Si2/c1-7-15-23-21(5,24-16-8-2)27-19-11-13-20(14-12-19)28-22(6,25-17-9-3)26-18-10-4/h11-14H,7-10,15-18,27-28H2,1-6H3. The highest BCUT2D eigenvalue weighted by molar-refractivity contribution is 6.58. The molecule has 0 amide bonds. The Morgan fingerprint density at radius 2 is 0.821 bits per heavy atom. The Kier molecular flexibility index (Phi) is 12.5. The second-order valence-electron chi connectivity index (χ2n) is 7.83. The fourth-order valence-electron chi connectivity index (χ4n) is 3.08. The summed E-state index contributed by atoms with van der Waals surface area (Å²) in [6.07, 6.45) is 4.05. The largest absolute Gasteiger partial charge is 0.354 e. The Morgan fingerprint density at radius 3 is 1.04 bits per heavy atom. The summed E-state index contributed by atoms with van der Waals surface area (Å²) in [4.78, 5) is 0. The fraction of sp³-hybridized carbons (Fsp3) is 0.727. The molecule has 0 unspecified atom stereocenters. The molecule has 0 saturated heterocycles. The van der Waals surface area contributed by atoms with Crippen LogP contribution in [0.4, 0.5) is 0 Å². The highest BCUT2D eigenvalue weighted by Crippen LogP contribution is 2.14. The molecule has 1 aromatic carbocycles. The van der Waals surface area contributed by atoms with Crippen LogP contribution in [0.25, 0.3) is 0 Å². The van der Waals surface area contributed by atoms with Crippen molar-refractivity contribution in [1.29, 1.82) is 0 Å². The van der Waals surface area contributed by atoms with Crippen molar-refractivity contribution in [3.8, 4) is 0 Å². The molecule has 28 heavy (non-hydrogen) atoms. The minimum Gasteiger partial charge on any atom is -0.354 e. The van der Waals surface area contributed by atoms with Gasteiger partial charge in [0.2, 0.25) is 0 Å². The first kappa shape index (κ1) is 25.5. The first-order valence-corrected chi connectivity index (χ1v) is 13.9. The predicted octanol–water partition coefficient (Wildman–Crippen LogP) is 2.33. The van der Waals surface area contributed by atoms with Gasteiger partial charge in [-0.15, -0.1) is 0 Å². The summed E-state index contributed by atoms with van der Waals surface area (Å²) < 4.78 is 24.4. The second kappa shape index (κ2) is 13.7. The van der Waals surface area contributed by atoms with E-state index in [0.29, 0.717) is 0 Å². The molecule has 0 aromatic heterocycles. The Balaban J connectivity index is 2.78. The number of ether oxygens (including phenoxy) is 4. The first-order chi connectivity index (χ1) is 13.4. The van der Waals surface area contributed by atoms with Gasteiger partial charge in [0.15, 0.2) is 0 Å². The third-order valence-corrected chi connectivity index (χ3v) is 8.38. The molecule has 0 fully saturated rings. The summed E-state index contributed by atoms with van der Waals surface area (Å²) in [6, 6.07) is 9.05. The van der Waals surface area contributed by atoms with E-state index in [-0.39, 0.29) is 0 Å². The third kappa shape index (κ3) is 9.81. The lowest BCUT2D eigenvalue weighted by Gasteiger charge is -2.31. The number of hydrogen-bond acceptors (Lipinski definition) is 4. The van der Waals surface area contributed by atoms with Crippen molar-refractivity contribution in [3.05, 3.63) is 24.3 Å². The van der Waals surface area contributed by atoms with E-state index in [1.807, 2.05) is 0 Å². The van der Waals surface area contributed by atoms with Crippen molar-refractivity contribution in [3.63, 3.8) is 0 Å². The van der Waals surface area contributed by atoms with Crippen LogP contribution in [0.5, 0.6) is 0 Å². The highest BCUT2D eigenvalue weighted by Gasteiger charge is 2.28. The molecular formula is C22H42O4Si2.